The van der Waals surface area contributed by atoms with E-state index in [9.17, 15) is 0 Å². The Kier molecular flexibility index (Phi) is 5.07. The van der Waals surface area contributed by atoms with E-state index in [0.29, 0.717) is 5.92 Å². The fraction of sp³-hybridized carbons (Fsp3) is 0.429. The van der Waals surface area contributed by atoms with E-state index in [1.54, 1.807) is 0 Å². The second-order valence-corrected chi connectivity index (χ2v) is 7.12. The maximum absolute atomic E-state index is 6.17. The van der Waals surface area contributed by atoms with Crippen LogP contribution in [0.15, 0.2) is 53.6 Å². The van der Waals surface area contributed by atoms with Crippen LogP contribution in [0.2, 0.25) is 0 Å². The van der Waals surface area contributed by atoms with E-state index in [2.05, 4.69) is 51.8 Å². The lowest BCUT2D eigenvalue weighted by molar-refractivity contribution is 0.847. The van der Waals surface area contributed by atoms with Crippen LogP contribution >= 0.6 is 0 Å². The van der Waals surface area contributed by atoms with E-state index in [1.807, 2.05) is 10.6 Å². The predicted octanol–water partition coefficient (Wildman–Crippen LogP) is 4.75. The predicted molar refractivity (Wildman–Crippen MR) is 105 cm³/mol. The van der Waals surface area contributed by atoms with Crippen molar-refractivity contribution in [1.82, 2.24) is 9.38 Å². The third-order valence-electron chi connectivity index (χ3n) is 4.75. The molecule has 2 aromatic rings. The molecule has 0 bridgehead atoms. The van der Waals surface area contributed by atoms with Crippen LogP contribution in [0.1, 0.15) is 56.7 Å². The van der Waals surface area contributed by atoms with Gasteiger partial charge in [0.05, 0.1) is 5.69 Å². The molecule has 2 aromatic heterocycles. The van der Waals surface area contributed by atoms with Gasteiger partial charge in [-0.2, -0.15) is 0 Å². The molecule has 1 fully saturated rings. The zero-order valence-corrected chi connectivity index (χ0v) is 15.5. The Bertz CT molecular complexity index is 837. The molecule has 0 spiro atoms. The van der Waals surface area contributed by atoms with Gasteiger partial charge in [0.1, 0.15) is 5.65 Å². The number of imidazole rings is 1. The Morgan fingerprint density at radius 1 is 1.52 bits per heavy atom. The third kappa shape index (κ3) is 4.19. The Morgan fingerprint density at radius 3 is 2.96 bits per heavy atom. The highest BCUT2D eigenvalue weighted by Crippen LogP contribution is 2.34. The molecule has 2 N–H and O–H groups in total. The SMILES string of the molecule is C=C(N=C(C=C(N)C1CC1)CCC)C(C)c1cn2ccc(C)cc2n1. The average Bonchev–Trinajstić information content (AvgIpc) is 3.34. The maximum atomic E-state index is 6.17. The van der Waals surface area contributed by atoms with E-state index in [1.165, 1.54) is 18.4 Å². The second kappa shape index (κ2) is 7.26. The van der Waals surface area contributed by atoms with Crippen LogP contribution in [0.3, 0.4) is 0 Å². The summed E-state index contributed by atoms with van der Waals surface area (Å²) in [5, 5.41) is 0. The van der Waals surface area contributed by atoms with Gasteiger partial charge in [0.2, 0.25) is 0 Å². The molecular formula is C21H28N4. The molecule has 4 heteroatoms. The van der Waals surface area contributed by atoms with Gasteiger partial charge >= 0.3 is 0 Å². The van der Waals surface area contributed by atoms with Crippen molar-refractivity contribution in [2.75, 3.05) is 0 Å². The lowest BCUT2D eigenvalue weighted by Gasteiger charge is -2.10. The minimum atomic E-state index is 0.0719. The van der Waals surface area contributed by atoms with Crippen molar-refractivity contribution in [3.63, 3.8) is 0 Å². The topological polar surface area (TPSA) is 55.7 Å². The highest BCUT2D eigenvalue weighted by Gasteiger charge is 2.24. The van der Waals surface area contributed by atoms with Gasteiger partial charge in [-0.15, -0.1) is 0 Å². The Balaban J connectivity index is 1.82. The Labute approximate surface area is 150 Å². The van der Waals surface area contributed by atoms with Crippen LogP contribution in [0, 0.1) is 12.8 Å². The first kappa shape index (κ1) is 17.5. The fourth-order valence-electron chi connectivity index (χ4n) is 2.91. The molecule has 0 aromatic carbocycles. The van der Waals surface area contributed by atoms with Gasteiger partial charge in [-0.1, -0.05) is 26.8 Å². The summed E-state index contributed by atoms with van der Waals surface area (Å²) in [7, 11) is 0. The van der Waals surface area contributed by atoms with Crippen LogP contribution < -0.4 is 5.73 Å². The maximum Gasteiger partial charge on any atom is 0.137 e. The van der Waals surface area contributed by atoms with Crippen molar-refractivity contribution in [3.05, 3.63) is 59.8 Å². The van der Waals surface area contributed by atoms with Crippen LogP contribution in [0.4, 0.5) is 0 Å². The minimum Gasteiger partial charge on any atom is -0.402 e. The van der Waals surface area contributed by atoms with Gasteiger partial charge in [-0.3, -0.25) is 4.99 Å². The van der Waals surface area contributed by atoms with Crippen LogP contribution in [-0.4, -0.2) is 15.1 Å². The number of aryl methyl sites for hydroxylation is 1. The monoisotopic (exact) mass is 336 g/mol. The summed E-state index contributed by atoms with van der Waals surface area (Å²) in [4.78, 5) is 9.54. The van der Waals surface area contributed by atoms with Crippen molar-refractivity contribution in [2.24, 2.45) is 16.6 Å². The number of pyridine rings is 1. The van der Waals surface area contributed by atoms with Crippen LogP contribution in [-0.2, 0) is 0 Å². The average molecular weight is 336 g/mol. The van der Waals surface area contributed by atoms with Crippen molar-refractivity contribution < 1.29 is 0 Å². The minimum absolute atomic E-state index is 0.0719. The molecule has 3 rings (SSSR count). The molecule has 132 valence electrons. The van der Waals surface area contributed by atoms with E-state index >= 15 is 0 Å². The molecular weight excluding hydrogens is 308 g/mol. The van der Waals surface area contributed by atoms with Crippen LogP contribution in [0.5, 0.6) is 0 Å². The largest absolute Gasteiger partial charge is 0.402 e. The number of aromatic nitrogens is 2. The lowest BCUT2D eigenvalue weighted by Crippen LogP contribution is -2.06. The van der Waals surface area contributed by atoms with Crippen molar-refractivity contribution >= 4 is 11.4 Å². The summed E-state index contributed by atoms with van der Waals surface area (Å²) < 4.78 is 2.05. The zero-order chi connectivity index (χ0) is 18.0. The second-order valence-electron chi connectivity index (χ2n) is 7.12. The van der Waals surface area contributed by atoms with Gasteiger partial charge in [-0.05, 0) is 55.9 Å². The number of rotatable bonds is 7. The first-order chi connectivity index (χ1) is 12.0. The van der Waals surface area contributed by atoms with Gasteiger partial charge in [0, 0.05) is 35.4 Å². The van der Waals surface area contributed by atoms with Gasteiger partial charge in [0.15, 0.2) is 0 Å². The highest BCUT2D eigenvalue weighted by atomic mass is 15.0. The number of hydrogen-bond donors (Lipinski definition) is 1. The smallest absolute Gasteiger partial charge is 0.137 e. The Morgan fingerprint density at radius 2 is 2.28 bits per heavy atom. The van der Waals surface area contributed by atoms with Crippen molar-refractivity contribution in [2.45, 2.75) is 52.4 Å². The molecule has 1 aliphatic carbocycles. The summed E-state index contributed by atoms with van der Waals surface area (Å²) in [6.45, 7) is 10.5. The van der Waals surface area contributed by atoms with Crippen molar-refractivity contribution in [3.8, 4) is 0 Å². The van der Waals surface area contributed by atoms with E-state index < -0.39 is 0 Å². The van der Waals surface area contributed by atoms with Gasteiger partial charge in [-0.25, -0.2) is 4.98 Å². The number of fused-ring (bicyclic) bond motifs is 1. The fourth-order valence-corrected chi connectivity index (χ4v) is 2.91. The lowest BCUT2D eigenvalue weighted by atomic mass is 10.1. The molecule has 0 aliphatic heterocycles. The molecule has 2 heterocycles. The number of nitrogens with zero attached hydrogens (tertiary/aromatic N) is 3. The number of allylic oxidation sites excluding steroid dienone is 3. The van der Waals surface area contributed by atoms with E-state index in [0.717, 1.165) is 41.3 Å². The Hall–Kier alpha value is -2.36. The molecule has 1 unspecified atom stereocenters. The quantitative estimate of drug-likeness (QED) is 0.742. The normalized spacial score (nSPS) is 17.1. The van der Waals surface area contributed by atoms with Gasteiger partial charge < -0.3 is 10.1 Å². The standard InChI is InChI=1S/C21H28N4/c1-5-6-18(12-19(22)17-7-8-17)23-16(4)15(3)20-13-25-10-9-14(2)11-21(25)24-20/h9-13,15,17H,4-8,22H2,1-3H3. The molecule has 0 saturated heterocycles. The number of aliphatic imine (C=N–C) groups is 1. The van der Waals surface area contributed by atoms with E-state index in [4.69, 9.17) is 15.7 Å². The summed E-state index contributed by atoms with van der Waals surface area (Å²) >= 11 is 0. The summed E-state index contributed by atoms with van der Waals surface area (Å²) in [6.07, 6.45) is 10.5. The first-order valence-corrected chi connectivity index (χ1v) is 9.16. The van der Waals surface area contributed by atoms with Crippen LogP contribution in [0.25, 0.3) is 5.65 Å². The number of hydrogen-bond acceptors (Lipinski definition) is 3. The first-order valence-electron chi connectivity index (χ1n) is 9.16. The molecule has 1 atom stereocenters. The molecule has 1 aliphatic rings. The molecule has 4 nitrogen and oxygen atoms in total. The summed E-state index contributed by atoms with van der Waals surface area (Å²) in [5.74, 6) is 0.636. The summed E-state index contributed by atoms with van der Waals surface area (Å²) in [5.41, 5.74) is 12.2. The molecule has 0 amide bonds. The molecule has 25 heavy (non-hydrogen) atoms. The number of nitrogens with two attached hydrogens (primary N) is 1. The van der Waals surface area contributed by atoms with E-state index in [-0.39, 0.29) is 5.92 Å². The highest BCUT2D eigenvalue weighted by molar-refractivity contribution is 5.96. The van der Waals surface area contributed by atoms with Crippen molar-refractivity contribution in [1.29, 1.82) is 0 Å². The molecule has 1 saturated carbocycles. The van der Waals surface area contributed by atoms with Gasteiger partial charge in [0.25, 0.3) is 0 Å². The summed E-state index contributed by atoms with van der Waals surface area (Å²) in [6, 6.07) is 4.17. The zero-order valence-electron chi connectivity index (χ0n) is 15.5. The third-order valence-corrected chi connectivity index (χ3v) is 4.75. The molecule has 0 radical (unpaired) electrons.